The Labute approximate surface area is 236 Å². The summed E-state index contributed by atoms with van der Waals surface area (Å²) in [5, 5.41) is 0. The van der Waals surface area contributed by atoms with Crippen LogP contribution in [-0.4, -0.2) is 0 Å². The third kappa shape index (κ3) is 10.4. The standard InChI is InChI=1S/C38H58/c1-3-5-7-9-11-13-15-17-19-21-27-33(28-22-20-18-16-14-12-10-8-6-4-2)38-36-31-25-23-29-34(36)35-30-24-26-32-37(35)38/h23-26,29-32H,3-22,27-28H2,1-2H3. The highest BCUT2D eigenvalue weighted by Crippen LogP contribution is 2.47. The molecule has 0 nitrogen and oxygen atoms in total. The fourth-order valence-corrected chi connectivity index (χ4v) is 6.42. The molecule has 38 heavy (non-hydrogen) atoms. The molecule has 2 aromatic carbocycles. The molecule has 0 atom stereocenters. The number of rotatable bonds is 22. The van der Waals surface area contributed by atoms with E-state index in [9.17, 15) is 0 Å². The van der Waals surface area contributed by atoms with Crippen molar-refractivity contribution in [1.29, 1.82) is 0 Å². The molecule has 0 aromatic heterocycles. The first kappa shape index (κ1) is 30.7. The van der Waals surface area contributed by atoms with Gasteiger partial charge in [0.1, 0.15) is 0 Å². The number of fused-ring (bicyclic) bond motifs is 3. The molecule has 1 aliphatic rings. The van der Waals surface area contributed by atoms with Crippen LogP contribution in [0.5, 0.6) is 0 Å². The summed E-state index contributed by atoms with van der Waals surface area (Å²) in [4.78, 5) is 0. The van der Waals surface area contributed by atoms with Crippen molar-refractivity contribution >= 4 is 5.57 Å². The van der Waals surface area contributed by atoms with Crippen LogP contribution in [-0.2, 0) is 0 Å². The molecule has 0 fully saturated rings. The van der Waals surface area contributed by atoms with Gasteiger partial charge in [-0.2, -0.15) is 0 Å². The zero-order valence-corrected chi connectivity index (χ0v) is 25.2. The van der Waals surface area contributed by atoms with E-state index in [-0.39, 0.29) is 0 Å². The van der Waals surface area contributed by atoms with Crippen molar-refractivity contribution < 1.29 is 0 Å². The van der Waals surface area contributed by atoms with E-state index >= 15 is 0 Å². The third-order valence-corrected chi connectivity index (χ3v) is 8.70. The molecule has 0 radical (unpaired) electrons. The van der Waals surface area contributed by atoms with Crippen LogP contribution in [0.4, 0.5) is 0 Å². The summed E-state index contributed by atoms with van der Waals surface area (Å²) in [5.41, 5.74) is 9.19. The van der Waals surface area contributed by atoms with Crippen LogP contribution in [0.25, 0.3) is 16.7 Å². The predicted molar refractivity (Wildman–Crippen MR) is 171 cm³/mol. The fraction of sp³-hybridized carbons (Fsp3) is 0.632. The van der Waals surface area contributed by atoms with Crippen LogP contribution in [0.3, 0.4) is 0 Å². The lowest BCUT2D eigenvalue weighted by Crippen LogP contribution is -1.94. The third-order valence-electron chi connectivity index (χ3n) is 8.70. The first-order valence-electron chi connectivity index (χ1n) is 16.8. The van der Waals surface area contributed by atoms with E-state index in [1.165, 1.54) is 164 Å². The molecule has 3 rings (SSSR count). The highest BCUT2D eigenvalue weighted by atomic mass is 14.3. The quantitative estimate of drug-likeness (QED) is 0.117. The molecular weight excluding hydrogens is 456 g/mol. The molecule has 0 heteroatoms. The maximum atomic E-state index is 2.38. The van der Waals surface area contributed by atoms with Gasteiger partial charge in [-0.25, -0.2) is 0 Å². The smallest absolute Gasteiger partial charge is 0.00990 e. The Balaban J connectivity index is 1.52. The average molecular weight is 515 g/mol. The molecule has 0 unspecified atom stereocenters. The predicted octanol–water partition coefficient (Wildman–Crippen LogP) is 13.1. The van der Waals surface area contributed by atoms with Crippen molar-refractivity contribution in [3.05, 3.63) is 65.2 Å². The van der Waals surface area contributed by atoms with Gasteiger partial charge in [0.25, 0.3) is 0 Å². The highest BCUT2D eigenvalue weighted by Gasteiger charge is 2.24. The van der Waals surface area contributed by atoms with Crippen LogP contribution in [0.1, 0.15) is 166 Å². The average Bonchev–Trinajstić information content (AvgIpc) is 3.28. The molecule has 210 valence electrons. The molecule has 0 saturated carbocycles. The number of benzene rings is 2. The highest BCUT2D eigenvalue weighted by molar-refractivity contribution is 6.02. The number of unbranched alkanes of at least 4 members (excludes halogenated alkanes) is 18. The number of hydrogen-bond donors (Lipinski definition) is 0. The Morgan fingerprint density at radius 3 is 1.00 bits per heavy atom. The zero-order chi connectivity index (χ0) is 26.7. The minimum absolute atomic E-state index is 1.28. The van der Waals surface area contributed by atoms with Crippen molar-refractivity contribution in [1.82, 2.24) is 0 Å². The maximum absolute atomic E-state index is 2.38. The van der Waals surface area contributed by atoms with E-state index in [1.54, 1.807) is 11.1 Å². The van der Waals surface area contributed by atoms with E-state index in [0.717, 1.165) is 0 Å². The van der Waals surface area contributed by atoms with Crippen molar-refractivity contribution in [3.8, 4) is 11.1 Å². The molecule has 0 amide bonds. The van der Waals surface area contributed by atoms with Gasteiger partial charge in [-0.05, 0) is 53.5 Å². The number of allylic oxidation sites excluding steroid dienone is 1. The molecule has 0 bridgehead atoms. The van der Waals surface area contributed by atoms with Crippen LogP contribution in [0, 0.1) is 0 Å². The zero-order valence-electron chi connectivity index (χ0n) is 25.2. The van der Waals surface area contributed by atoms with E-state index in [2.05, 4.69) is 62.4 Å². The number of hydrogen-bond acceptors (Lipinski definition) is 0. The van der Waals surface area contributed by atoms with Gasteiger partial charge >= 0.3 is 0 Å². The summed E-state index contributed by atoms with van der Waals surface area (Å²) < 4.78 is 0. The van der Waals surface area contributed by atoms with Crippen LogP contribution < -0.4 is 0 Å². The topological polar surface area (TPSA) is 0 Å². The SMILES string of the molecule is CCCCCCCCCCCCC(CCCCCCCCCCCC)=C1c2ccccc2-c2ccccc21. The summed E-state index contributed by atoms with van der Waals surface area (Å²) >= 11 is 0. The Bertz CT molecular complexity index is 844. The second-order valence-electron chi connectivity index (χ2n) is 11.9. The fourth-order valence-electron chi connectivity index (χ4n) is 6.42. The van der Waals surface area contributed by atoms with Gasteiger partial charge in [0.05, 0.1) is 0 Å². The minimum atomic E-state index is 1.28. The minimum Gasteiger partial charge on any atom is -0.0654 e. The van der Waals surface area contributed by atoms with Crippen molar-refractivity contribution in [3.63, 3.8) is 0 Å². The molecule has 2 aromatic rings. The van der Waals surface area contributed by atoms with Crippen LogP contribution >= 0.6 is 0 Å². The summed E-state index contributed by atoms with van der Waals surface area (Å²) in [6, 6.07) is 18.3. The maximum Gasteiger partial charge on any atom is -0.00990 e. The second-order valence-corrected chi connectivity index (χ2v) is 11.9. The summed E-state index contributed by atoms with van der Waals surface area (Å²) in [6.07, 6.45) is 30.9. The second kappa shape index (κ2) is 19.3. The lowest BCUT2D eigenvalue weighted by molar-refractivity contribution is 0.547. The lowest BCUT2D eigenvalue weighted by Gasteiger charge is -2.15. The van der Waals surface area contributed by atoms with Crippen molar-refractivity contribution in [2.45, 2.75) is 155 Å². The van der Waals surface area contributed by atoms with Gasteiger partial charge in [0.2, 0.25) is 0 Å². The van der Waals surface area contributed by atoms with E-state index in [1.807, 2.05) is 0 Å². The van der Waals surface area contributed by atoms with Crippen LogP contribution in [0.15, 0.2) is 54.1 Å². The van der Waals surface area contributed by atoms with Crippen molar-refractivity contribution in [2.24, 2.45) is 0 Å². The van der Waals surface area contributed by atoms with Crippen LogP contribution in [0.2, 0.25) is 0 Å². The molecule has 1 aliphatic carbocycles. The summed E-state index contributed by atoms with van der Waals surface area (Å²) in [5.74, 6) is 0. The Hall–Kier alpha value is -1.82. The molecule has 0 spiro atoms. The summed E-state index contributed by atoms with van der Waals surface area (Å²) in [7, 11) is 0. The molecular formula is C38H58. The first-order valence-corrected chi connectivity index (χ1v) is 16.8. The van der Waals surface area contributed by atoms with E-state index in [4.69, 9.17) is 0 Å². The lowest BCUT2D eigenvalue weighted by atomic mass is 9.90. The monoisotopic (exact) mass is 514 g/mol. The van der Waals surface area contributed by atoms with Crippen molar-refractivity contribution in [2.75, 3.05) is 0 Å². The molecule has 0 heterocycles. The van der Waals surface area contributed by atoms with Gasteiger partial charge in [-0.15, -0.1) is 0 Å². The van der Waals surface area contributed by atoms with Gasteiger partial charge in [-0.1, -0.05) is 184 Å². The summed E-state index contributed by atoms with van der Waals surface area (Å²) in [6.45, 7) is 4.62. The molecule has 0 aliphatic heterocycles. The molecule has 0 N–H and O–H groups in total. The van der Waals surface area contributed by atoms with Gasteiger partial charge in [-0.3, -0.25) is 0 Å². The molecule has 0 saturated heterocycles. The Kier molecular flexibility index (Phi) is 15.6. The largest absolute Gasteiger partial charge is 0.0654 e. The van der Waals surface area contributed by atoms with E-state index in [0.29, 0.717) is 0 Å². The Morgan fingerprint density at radius 2 is 0.658 bits per heavy atom. The normalized spacial score (nSPS) is 12.1. The van der Waals surface area contributed by atoms with Gasteiger partial charge < -0.3 is 0 Å². The Morgan fingerprint density at radius 1 is 0.368 bits per heavy atom. The van der Waals surface area contributed by atoms with E-state index < -0.39 is 0 Å². The van der Waals surface area contributed by atoms with Gasteiger partial charge in [0, 0.05) is 0 Å². The first-order chi connectivity index (χ1) is 18.9. The van der Waals surface area contributed by atoms with Gasteiger partial charge in [0.15, 0.2) is 0 Å².